The Kier molecular flexibility index (Phi) is 4.16. The molecule has 2 aromatic rings. The number of aromatic nitrogens is 1. The van der Waals surface area contributed by atoms with Crippen molar-refractivity contribution in [1.29, 1.82) is 0 Å². The Morgan fingerprint density at radius 3 is 2.55 bits per heavy atom. The summed E-state index contributed by atoms with van der Waals surface area (Å²) in [6.45, 7) is 7.85. The predicted octanol–water partition coefficient (Wildman–Crippen LogP) is 3.90. The number of nitrogens with zero attached hydrogens (tertiary/aromatic N) is 2. The molecule has 116 valence electrons. The Labute approximate surface area is 135 Å². The first-order valence-electron chi connectivity index (χ1n) is 7.64. The fourth-order valence-corrected chi connectivity index (χ4v) is 3.56. The van der Waals surface area contributed by atoms with Crippen molar-refractivity contribution in [2.24, 2.45) is 0 Å². The van der Waals surface area contributed by atoms with Gasteiger partial charge in [-0.1, -0.05) is 29.8 Å². The normalized spacial score (nSPS) is 15.3. The van der Waals surface area contributed by atoms with Crippen LogP contribution in [0.3, 0.4) is 0 Å². The number of carbonyl (C=O) groups excluding carboxylic acids is 1. The molecule has 1 saturated heterocycles. The number of hydrogen-bond acceptors (Lipinski definition) is 3. The lowest BCUT2D eigenvalue weighted by Gasteiger charge is -2.32. The smallest absolute Gasteiger partial charge is 0.317 e. The molecule has 2 amide bonds. The van der Waals surface area contributed by atoms with Crippen LogP contribution in [0, 0.1) is 13.8 Å². The average molecular weight is 315 g/mol. The van der Waals surface area contributed by atoms with Crippen LogP contribution in [0.2, 0.25) is 0 Å². The van der Waals surface area contributed by atoms with Crippen LogP contribution in [-0.2, 0) is 0 Å². The number of aryl methyl sites for hydroxylation is 2. The van der Waals surface area contributed by atoms with Gasteiger partial charge in [0, 0.05) is 18.7 Å². The molecule has 1 atom stereocenters. The summed E-state index contributed by atoms with van der Waals surface area (Å²) in [5.41, 5.74) is 3.37. The number of carbonyl (C=O) groups is 1. The quantitative estimate of drug-likeness (QED) is 0.933. The molecule has 3 rings (SSSR count). The van der Waals surface area contributed by atoms with E-state index >= 15 is 0 Å². The molecule has 1 aliphatic heterocycles. The van der Waals surface area contributed by atoms with E-state index in [0.29, 0.717) is 0 Å². The molecule has 0 saturated carbocycles. The van der Waals surface area contributed by atoms with Gasteiger partial charge in [0.05, 0.1) is 16.6 Å². The van der Waals surface area contributed by atoms with Crippen molar-refractivity contribution in [3.05, 3.63) is 40.4 Å². The van der Waals surface area contributed by atoms with E-state index in [1.165, 1.54) is 5.56 Å². The molecular weight excluding hydrogens is 294 g/mol. The van der Waals surface area contributed by atoms with Crippen LogP contribution in [0.1, 0.15) is 35.5 Å². The van der Waals surface area contributed by atoms with Gasteiger partial charge in [0.2, 0.25) is 0 Å². The Morgan fingerprint density at radius 2 is 1.95 bits per heavy atom. The summed E-state index contributed by atoms with van der Waals surface area (Å²) in [4.78, 5) is 19.7. The maximum Gasteiger partial charge on any atom is 0.317 e. The van der Waals surface area contributed by atoms with E-state index < -0.39 is 0 Å². The van der Waals surface area contributed by atoms with Gasteiger partial charge in [0.15, 0.2) is 0 Å². The van der Waals surface area contributed by atoms with Crippen LogP contribution < -0.4 is 5.32 Å². The molecule has 1 aromatic heterocycles. The lowest BCUT2D eigenvalue weighted by molar-refractivity contribution is 0.165. The van der Waals surface area contributed by atoms with Crippen LogP contribution >= 0.6 is 11.3 Å². The van der Waals surface area contributed by atoms with Crippen molar-refractivity contribution in [1.82, 2.24) is 15.2 Å². The number of likely N-dealkylation sites (tertiary alicyclic amines) is 1. The topological polar surface area (TPSA) is 45.2 Å². The highest BCUT2D eigenvalue weighted by Gasteiger charge is 2.23. The van der Waals surface area contributed by atoms with Crippen LogP contribution in [0.5, 0.6) is 0 Å². The summed E-state index contributed by atoms with van der Waals surface area (Å²) < 4.78 is 0. The largest absolute Gasteiger partial charge is 0.331 e. The Bertz CT molecular complexity index is 674. The second-order valence-corrected chi connectivity index (χ2v) is 6.88. The van der Waals surface area contributed by atoms with E-state index in [0.717, 1.165) is 40.7 Å². The standard InChI is InChI=1S/C17H21N3OS/c1-11-5-7-14(8-6-11)16-18-12(2)15(22-16)13(3)19-17(21)20-9-4-10-20/h5-8,13H,4,9-10H2,1-3H3,(H,19,21)/t13-/m1/s1. The van der Waals surface area contributed by atoms with E-state index in [2.05, 4.69) is 41.5 Å². The second kappa shape index (κ2) is 6.08. The van der Waals surface area contributed by atoms with Gasteiger partial charge in [0.25, 0.3) is 0 Å². The van der Waals surface area contributed by atoms with Crippen LogP contribution in [0.15, 0.2) is 24.3 Å². The van der Waals surface area contributed by atoms with E-state index in [4.69, 9.17) is 0 Å². The van der Waals surface area contributed by atoms with Crippen molar-refractivity contribution in [3.8, 4) is 10.6 Å². The monoisotopic (exact) mass is 315 g/mol. The van der Waals surface area contributed by atoms with Gasteiger partial charge in [0.1, 0.15) is 5.01 Å². The minimum Gasteiger partial charge on any atom is -0.331 e. The molecule has 5 heteroatoms. The van der Waals surface area contributed by atoms with Gasteiger partial charge in [-0.2, -0.15) is 0 Å². The van der Waals surface area contributed by atoms with Crippen LogP contribution in [0.4, 0.5) is 4.79 Å². The number of rotatable bonds is 3. The average Bonchev–Trinajstić information content (AvgIpc) is 2.79. The molecule has 22 heavy (non-hydrogen) atoms. The first-order chi connectivity index (χ1) is 10.5. The number of urea groups is 1. The highest BCUT2D eigenvalue weighted by Crippen LogP contribution is 2.32. The minimum atomic E-state index is -0.00945. The third-order valence-electron chi connectivity index (χ3n) is 4.01. The summed E-state index contributed by atoms with van der Waals surface area (Å²) in [6, 6.07) is 8.41. The number of hydrogen-bond donors (Lipinski definition) is 1. The molecule has 2 heterocycles. The molecule has 1 fully saturated rings. The van der Waals surface area contributed by atoms with Gasteiger partial charge in [-0.3, -0.25) is 0 Å². The fourth-order valence-electron chi connectivity index (χ4n) is 2.49. The van der Waals surface area contributed by atoms with Gasteiger partial charge in [-0.05, 0) is 27.2 Å². The van der Waals surface area contributed by atoms with Crippen LogP contribution in [0.25, 0.3) is 10.6 Å². The van der Waals surface area contributed by atoms with Crippen molar-refractivity contribution in [2.45, 2.75) is 33.2 Å². The van der Waals surface area contributed by atoms with E-state index in [9.17, 15) is 4.79 Å². The summed E-state index contributed by atoms with van der Waals surface area (Å²) in [6.07, 6.45) is 1.11. The highest BCUT2D eigenvalue weighted by atomic mass is 32.1. The molecule has 4 nitrogen and oxygen atoms in total. The minimum absolute atomic E-state index is 0.00945. The van der Waals surface area contributed by atoms with Gasteiger partial charge < -0.3 is 10.2 Å². The van der Waals surface area contributed by atoms with E-state index in [1.54, 1.807) is 11.3 Å². The Morgan fingerprint density at radius 1 is 1.27 bits per heavy atom. The third kappa shape index (κ3) is 2.99. The van der Waals surface area contributed by atoms with E-state index in [1.807, 2.05) is 18.7 Å². The third-order valence-corrected chi connectivity index (χ3v) is 5.40. The molecule has 0 radical (unpaired) electrons. The maximum absolute atomic E-state index is 12.0. The van der Waals surface area contributed by atoms with E-state index in [-0.39, 0.29) is 12.1 Å². The lowest BCUT2D eigenvalue weighted by atomic mass is 10.2. The number of thiazole rings is 1. The SMILES string of the molecule is Cc1ccc(-c2nc(C)c([C@@H](C)NC(=O)N3CCC3)s2)cc1. The zero-order valence-corrected chi connectivity index (χ0v) is 14.0. The first-order valence-corrected chi connectivity index (χ1v) is 8.46. The molecular formula is C17H21N3OS. The predicted molar refractivity (Wildman–Crippen MR) is 90.2 cm³/mol. The number of amides is 2. The zero-order valence-electron chi connectivity index (χ0n) is 13.2. The number of nitrogens with one attached hydrogen (secondary N) is 1. The highest BCUT2D eigenvalue weighted by molar-refractivity contribution is 7.15. The van der Waals surface area contributed by atoms with Crippen LogP contribution in [-0.4, -0.2) is 29.0 Å². The maximum atomic E-state index is 12.0. The number of benzene rings is 1. The van der Waals surface area contributed by atoms with Crippen molar-refractivity contribution < 1.29 is 4.79 Å². The molecule has 0 unspecified atom stereocenters. The first kappa shape index (κ1) is 15.0. The Balaban J connectivity index is 1.76. The van der Waals surface area contributed by atoms with Crippen molar-refractivity contribution in [3.63, 3.8) is 0 Å². The van der Waals surface area contributed by atoms with Gasteiger partial charge in [-0.15, -0.1) is 11.3 Å². The van der Waals surface area contributed by atoms with Crippen molar-refractivity contribution in [2.75, 3.05) is 13.1 Å². The summed E-state index contributed by atoms with van der Waals surface area (Å²) in [5.74, 6) is 0. The summed E-state index contributed by atoms with van der Waals surface area (Å²) >= 11 is 1.66. The summed E-state index contributed by atoms with van der Waals surface area (Å²) in [5, 5.41) is 4.08. The zero-order chi connectivity index (χ0) is 15.7. The second-order valence-electron chi connectivity index (χ2n) is 5.85. The summed E-state index contributed by atoms with van der Waals surface area (Å²) in [7, 11) is 0. The molecule has 1 aromatic carbocycles. The molecule has 0 bridgehead atoms. The van der Waals surface area contributed by atoms with Crippen molar-refractivity contribution >= 4 is 17.4 Å². The Hall–Kier alpha value is -1.88. The fraction of sp³-hybridized carbons (Fsp3) is 0.412. The molecule has 0 spiro atoms. The van der Waals surface area contributed by atoms with Gasteiger partial charge in [-0.25, -0.2) is 9.78 Å². The lowest BCUT2D eigenvalue weighted by Crippen LogP contribution is -2.48. The molecule has 1 N–H and O–H groups in total. The molecule has 0 aliphatic carbocycles. The molecule has 1 aliphatic rings. The van der Waals surface area contributed by atoms with Gasteiger partial charge >= 0.3 is 6.03 Å².